The molecule has 0 saturated heterocycles. The van der Waals surface area contributed by atoms with Crippen LogP contribution in [-0.2, 0) is 4.74 Å². The lowest BCUT2D eigenvalue weighted by atomic mass is 10.1. The van der Waals surface area contributed by atoms with Crippen LogP contribution in [0.5, 0.6) is 0 Å². The topological polar surface area (TPSA) is 91.4 Å². The maximum atomic E-state index is 13.4. The SMILES string of the molecule is COC(=O)c1c(NCCO)c2cc(F)ccc2[nH]c1=O. The highest BCUT2D eigenvalue weighted by atomic mass is 19.1. The Morgan fingerprint density at radius 1 is 1.50 bits per heavy atom. The molecular formula is C13H13FN2O4. The van der Waals surface area contributed by atoms with Gasteiger partial charge in [0, 0.05) is 11.9 Å². The minimum atomic E-state index is -0.835. The van der Waals surface area contributed by atoms with Crippen molar-refractivity contribution in [1.82, 2.24) is 4.98 Å². The van der Waals surface area contributed by atoms with E-state index in [1.54, 1.807) is 0 Å². The van der Waals surface area contributed by atoms with Crippen LogP contribution in [0.2, 0.25) is 0 Å². The van der Waals surface area contributed by atoms with Crippen LogP contribution in [0.4, 0.5) is 10.1 Å². The van der Waals surface area contributed by atoms with E-state index < -0.39 is 17.3 Å². The number of nitrogens with one attached hydrogen (secondary N) is 2. The van der Waals surface area contributed by atoms with E-state index in [1.807, 2.05) is 0 Å². The second-order valence-corrected chi connectivity index (χ2v) is 4.04. The van der Waals surface area contributed by atoms with Crippen LogP contribution in [0.25, 0.3) is 10.9 Å². The number of hydrogen-bond donors (Lipinski definition) is 3. The second kappa shape index (κ2) is 5.70. The summed E-state index contributed by atoms with van der Waals surface area (Å²) in [6, 6.07) is 3.79. The summed E-state index contributed by atoms with van der Waals surface area (Å²) in [5.41, 5.74) is -0.371. The highest BCUT2D eigenvalue weighted by molar-refractivity contribution is 6.04. The number of halogens is 1. The molecule has 0 spiro atoms. The van der Waals surface area contributed by atoms with Gasteiger partial charge in [-0.25, -0.2) is 9.18 Å². The second-order valence-electron chi connectivity index (χ2n) is 4.04. The Morgan fingerprint density at radius 2 is 2.25 bits per heavy atom. The van der Waals surface area contributed by atoms with Crippen LogP contribution in [0.15, 0.2) is 23.0 Å². The smallest absolute Gasteiger partial charge is 0.345 e. The third-order valence-corrected chi connectivity index (χ3v) is 2.78. The molecule has 0 bridgehead atoms. The van der Waals surface area contributed by atoms with Gasteiger partial charge in [-0.1, -0.05) is 0 Å². The van der Waals surface area contributed by atoms with Gasteiger partial charge in [-0.2, -0.15) is 0 Å². The first-order valence-electron chi connectivity index (χ1n) is 5.87. The summed E-state index contributed by atoms with van der Waals surface area (Å²) in [4.78, 5) is 26.2. The van der Waals surface area contributed by atoms with Gasteiger partial charge >= 0.3 is 5.97 Å². The average Bonchev–Trinajstić information content (AvgIpc) is 2.44. The summed E-state index contributed by atoms with van der Waals surface area (Å²) < 4.78 is 17.9. The van der Waals surface area contributed by atoms with E-state index in [0.29, 0.717) is 10.9 Å². The molecule has 0 aliphatic carbocycles. The van der Waals surface area contributed by atoms with Gasteiger partial charge in [0.05, 0.1) is 24.9 Å². The largest absolute Gasteiger partial charge is 0.465 e. The molecule has 106 valence electrons. The molecule has 6 nitrogen and oxygen atoms in total. The number of ether oxygens (including phenoxy) is 1. The van der Waals surface area contributed by atoms with Gasteiger partial charge in [0.1, 0.15) is 11.4 Å². The predicted octanol–water partition coefficient (Wildman–Crippen LogP) is 0.858. The number of esters is 1. The van der Waals surface area contributed by atoms with Gasteiger partial charge in [-0.15, -0.1) is 0 Å². The maximum absolute atomic E-state index is 13.4. The van der Waals surface area contributed by atoms with E-state index in [0.717, 1.165) is 7.11 Å². The highest BCUT2D eigenvalue weighted by Crippen LogP contribution is 2.25. The van der Waals surface area contributed by atoms with E-state index in [2.05, 4.69) is 15.0 Å². The van der Waals surface area contributed by atoms with Gasteiger partial charge in [-0.3, -0.25) is 4.79 Å². The van der Waals surface area contributed by atoms with Crippen molar-refractivity contribution in [2.24, 2.45) is 0 Å². The first-order chi connectivity index (χ1) is 9.58. The molecule has 7 heteroatoms. The molecule has 2 rings (SSSR count). The zero-order valence-electron chi connectivity index (χ0n) is 10.7. The Balaban J connectivity index is 2.78. The average molecular weight is 280 g/mol. The van der Waals surface area contributed by atoms with Crippen LogP contribution in [0.1, 0.15) is 10.4 Å². The lowest BCUT2D eigenvalue weighted by molar-refractivity contribution is 0.0600. The first kappa shape index (κ1) is 14.0. The Morgan fingerprint density at radius 3 is 2.90 bits per heavy atom. The fourth-order valence-electron chi connectivity index (χ4n) is 1.93. The quantitative estimate of drug-likeness (QED) is 0.722. The van der Waals surface area contributed by atoms with Crippen molar-refractivity contribution >= 4 is 22.6 Å². The van der Waals surface area contributed by atoms with Crippen LogP contribution >= 0.6 is 0 Å². The Labute approximate surface area is 113 Å². The molecule has 0 amide bonds. The summed E-state index contributed by atoms with van der Waals surface area (Å²) in [6.07, 6.45) is 0. The van der Waals surface area contributed by atoms with Crippen molar-refractivity contribution in [3.05, 3.63) is 39.9 Å². The van der Waals surface area contributed by atoms with Crippen LogP contribution in [-0.4, -0.2) is 36.3 Å². The molecule has 0 aliphatic rings. The molecule has 0 unspecified atom stereocenters. The van der Waals surface area contributed by atoms with Crippen LogP contribution < -0.4 is 10.9 Å². The normalized spacial score (nSPS) is 10.6. The predicted molar refractivity (Wildman–Crippen MR) is 71.4 cm³/mol. The van der Waals surface area contributed by atoms with E-state index >= 15 is 0 Å². The van der Waals surface area contributed by atoms with Crippen LogP contribution in [0, 0.1) is 5.82 Å². The summed E-state index contributed by atoms with van der Waals surface area (Å²) in [7, 11) is 1.15. The minimum Gasteiger partial charge on any atom is -0.465 e. The maximum Gasteiger partial charge on any atom is 0.345 e. The number of anilines is 1. The number of aliphatic hydroxyl groups is 1. The number of aromatic nitrogens is 1. The Kier molecular flexibility index (Phi) is 3.99. The van der Waals surface area contributed by atoms with E-state index in [1.165, 1.54) is 18.2 Å². The summed E-state index contributed by atoms with van der Waals surface area (Å²) in [6.45, 7) is -0.0940. The number of H-pyrrole nitrogens is 1. The number of carbonyl (C=O) groups excluding carboxylic acids is 1. The van der Waals surface area contributed by atoms with Crippen LogP contribution in [0.3, 0.4) is 0 Å². The Bertz CT molecular complexity index is 711. The standard InChI is InChI=1S/C13H13FN2O4/c1-20-13(19)10-11(15-4-5-17)8-6-7(14)2-3-9(8)16-12(10)18/h2-3,6,17H,4-5H2,1H3,(H2,15,16,18). The fourth-order valence-corrected chi connectivity index (χ4v) is 1.93. The third kappa shape index (κ3) is 2.48. The third-order valence-electron chi connectivity index (χ3n) is 2.78. The molecule has 0 radical (unpaired) electrons. The highest BCUT2D eigenvalue weighted by Gasteiger charge is 2.20. The summed E-state index contributed by atoms with van der Waals surface area (Å²) in [5.74, 6) is -1.34. The molecule has 20 heavy (non-hydrogen) atoms. The molecule has 0 aliphatic heterocycles. The number of methoxy groups -OCH3 is 1. The Hall–Kier alpha value is -2.41. The van der Waals surface area contributed by atoms with E-state index in [4.69, 9.17) is 5.11 Å². The molecule has 3 N–H and O–H groups in total. The molecule has 1 aromatic heterocycles. The first-order valence-corrected chi connectivity index (χ1v) is 5.87. The molecule has 0 saturated carbocycles. The number of benzene rings is 1. The number of fused-ring (bicyclic) bond motifs is 1. The van der Waals surface area contributed by atoms with Crippen molar-refractivity contribution < 1.29 is 19.0 Å². The zero-order valence-corrected chi connectivity index (χ0v) is 10.7. The fraction of sp³-hybridized carbons (Fsp3) is 0.231. The van der Waals surface area contributed by atoms with Gasteiger partial charge in [-0.05, 0) is 18.2 Å². The molecule has 0 atom stereocenters. The number of pyridine rings is 1. The monoisotopic (exact) mass is 280 g/mol. The molecule has 1 heterocycles. The van der Waals surface area contributed by atoms with Crippen molar-refractivity contribution in [3.8, 4) is 0 Å². The van der Waals surface area contributed by atoms with Crippen molar-refractivity contribution in [1.29, 1.82) is 0 Å². The minimum absolute atomic E-state index is 0.110. The van der Waals surface area contributed by atoms with Gasteiger partial charge in [0.2, 0.25) is 0 Å². The number of rotatable bonds is 4. The van der Waals surface area contributed by atoms with E-state index in [-0.39, 0.29) is 24.4 Å². The lowest BCUT2D eigenvalue weighted by Gasteiger charge is -2.12. The number of carbonyl (C=O) groups is 1. The van der Waals surface area contributed by atoms with Gasteiger partial charge in [0.15, 0.2) is 0 Å². The van der Waals surface area contributed by atoms with Gasteiger partial charge < -0.3 is 20.1 Å². The number of aliphatic hydroxyl groups excluding tert-OH is 1. The summed E-state index contributed by atoms with van der Waals surface area (Å²) >= 11 is 0. The molecule has 0 fully saturated rings. The number of hydrogen-bond acceptors (Lipinski definition) is 5. The van der Waals surface area contributed by atoms with Crippen molar-refractivity contribution in [2.75, 3.05) is 25.6 Å². The van der Waals surface area contributed by atoms with Crippen molar-refractivity contribution in [2.45, 2.75) is 0 Å². The molecule has 2 aromatic rings. The zero-order chi connectivity index (χ0) is 14.7. The molecule has 1 aromatic carbocycles. The molecular weight excluding hydrogens is 267 g/mol. The summed E-state index contributed by atoms with van der Waals surface area (Å²) in [5, 5.41) is 12.0. The van der Waals surface area contributed by atoms with Gasteiger partial charge in [0.25, 0.3) is 5.56 Å². The number of aromatic amines is 1. The van der Waals surface area contributed by atoms with E-state index in [9.17, 15) is 14.0 Å². The lowest BCUT2D eigenvalue weighted by Crippen LogP contribution is -2.23. The van der Waals surface area contributed by atoms with Crippen molar-refractivity contribution in [3.63, 3.8) is 0 Å².